The summed E-state index contributed by atoms with van der Waals surface area (Å²) in [6.45, 7) is 0.495. The predicted molar refractivity (Wildman–Crippen MR) is 111 cm³/mol. The molecule has 11 heteroatoms. The molecule has 1 aliphatic heterocycles. The van der Waals surface area contributed by atoms with Crippen LogP contribution < -0.4 is 15.0 Å². The quantitative estimate of drug-likeness (QED) is 0.647. The molecular weight excluding hydrogens is 439 g/mol. The maximum Gasteiger partial charge on any atom is 0.416 e. The molecule has 0 aliphatic carbocycles. The first kappa shape index (κ1) is 21.9. The Morgan fingerprint density at radius 1 is 1.18 bits per heavy atom. The normalized spacial score (nSPS) is 13.3. The highest BCUT2D eigenvalue weighted by Crippen LogP contribution is 2.32. The molecule has 0 atom stereocenters. The lowest BCUT2D eigenvalue weighted by atomic mass is 10.1. The van der Waals surface area contributed by atoms with Gasteiger partial charge < -0.3 is 15.0 Å². The van der Waals surface area contributed by atoms with Gasteiger partial charge in [-0.15, -0.1) is 0 Å². The molecule has 8 nitrogen and oxygen atoms in total. The van der Waals surface area contributed by atoms with E-state index in [-0.39, 0.29) is 29.1 Å². The van der Waals surface area contributed by atoms with Crippen LogP contribution in [0.2, 0.25) is 0 Å². The fourth-order valence-corrected chi connectivity index (χ4v) is 3.50. The van der Waals surface area contributed by atoms with E-state index in [2.05, 4.69) is 10.4 Å². The minimum Gasteiger partial charge on any atom is -0.495 e. The number of fused-ring (bicyclic) bond motifs is 1. The standard InChI is InChI=1S/C22H16F3N5O3/c1-33-18-7-2-13(10-14(18)11-26)20(31)28-17-12-27-30-9-8-29(21(32)19(17)30)16-5-3-15(4-6-16)22(23,24)25/h2-7,10,12H,8-9H2,1H3,(H,28,31). The second kappa shape index (κ2) is 8.31. The molecule has 0 fully saturated rings. The zero-order chi connectivity index (χ0) is 23.8. The number of hydrogen-bond donors (Lipinski definition) is 1. The summed E-state index contributed by atoms with van der Waals surface area (Å²) in [4.78, 5) is 27.2. The van der Waals surface area contributed by atoms with Gasteiger partial charge >= 0.3 is 6.18 Å². The van der Waals surface area contributed by atoms with Crippen molar-refractivity contribution in [2.45, 2.75) is 12.7 Å². The van der Waals surface area contributed by atoms with Crippen molar-refractivity contribution in [3.8, 4) is 11.8 Å². The second-order valence-corrected chi connectivity index (χ2v) is 7.11. The van der Waals surface area contributed by atoms with Gasteiger partial charge in [0, 0.05) is 17.8 Å². The van der Waals surface area contributed by atoms with Gasteiger partial charge in [0.15, 0.2) is 0 Å². The van der Waals surface area contributed by atoms with Crippen LogP contribution in [0.25, 0.3) is 0 Å². The third kappa shape index (κ3) is 4.10. The number of halogens is 3. The fourth-order valence-electron chi connectivity index (χ4n) is 3.50. The van der Waals surface area contributed by atoms with Crippen LogP contribution in [0.3, 0.4) is 0 Å². The molecule has 0 bridgehead atoms. The van der Waals surface area contributed by atoms with Gasteiger partial charge in [-0.05, 0) is 42.5 Å². The summed E-state index contributed by atoms with van der Waals surface area (Å²) >= 11 is 0. The average molecular weight is 455 g/mol. The lowest BCUT2D eigenvalue weighted by Gasteiger charge is -2.28. The number of ether oxygens (including phenoxy) is 1. The molecule has 0 radical (unpaired) electrons. The Morgan fingerprint density at radius 3 is 2.55 bits per heavy atom. The summed E-state index contributed by atoms with van der Waals surface area (Å²) in [6.07, 6.45) is -3.15. The minimum atomic E-state index is -4.48. The Balaban J connectivity index is 1.58. The van der Waals surface area contributed by atoms with E-state index in [1.54, 1.807) is 0 Å². The number of anilines is 2. The van der Waals surface area contributed by atoms with E-state index in [9.17, 15) is 28.0 Å². The van der Waals surface area contributed by atoms with E-state index >= 15 is 0 Å². The number of nitrogens with zero attached hydrogens (tertiary/aromatic N) is 4. The SMILES string of the molecule is COc1ccc(C(=O)Nc2cnn3c2C(=O)N(c2ccc(C(F)(F)F)cc2)CC3)cc1C#N. The van der Waals surface area contributed by atoms with Crippen LogP contribution >= 0.6 is 0 Å². The first-order chi connectivity index (χ1) is 15.7. The summed E-state index contributed by atoms with van der Waals surface area (Å²) in [7, 11) is 1.41. The number of hydrogen-bond acceptors (Lipinski definition) is 5. The van der Waals surface area contributed by atoms with Crippen LogP contribution in [0.15, 0.2) is 48.7 Å². The molecule has 3 aromatic rings. The summed E-state index contributed by atoms with van der Waals surface area (Å²) in [6, 6.07) is 10.5. The summed E-state index contributed by atoms with van der Waals surface area (Å²) < 4.78 is 45.0. The van der Waals surface area contributed by atoms with E-state index in [0.717, 1.165) is 12.1 Å². The van der Waals surface area contributed by atoms with Crippen molar-refractivity contribution in [3.05, 3.63) is 71.0 Å². The topological polar surface area (TPSA) is 100 Å². The molecule has 1 aromatic heterocycles. The predicted octanol–water partition coefficient (Wildman–Crippen LogP) is 3.69. The van der Waals surface area contributed by atoms with Gasteiger partial charge in [-0.2, -0.15) is 23.5 Å². The Bertz CT molecular complexity index is 1280. The van der Waals surface area contributed by atoms with Crippen LogP contribution in [-0.4, -0.2) is 35.2 Å². The highest BCUT2D eigenvalue weighted by Gasteiger charge is 2.33. The van der Waals surface area contributed by atoms with Crippen LogP contribution in [0.5, 0.6) is 5.75 Å². The highest BCUT2D eigenvalue weighted by atomic mass is 19.4. The number of benzene rings is 2. The molecule has 2 amide bonds. The van der Waals surface area contributed by atoms with E-state index in [1.807, 2.05) is 6.07 Å². The van der Waals surface area contributed by atoms with Crippen LogP contribution in [0, 0.1) is 11.3 Å². The number of aromatic nitrogens is 2. The van der Waals surface area contributed by atoms with Crippen molar-refractivity contribution in [2.24, 2.45) is 0 Å². The third-order valence-corrected chi connectivity index (χ3v) is 5.16. The van der Waals surface area contributed by atoms with E-state index in [0.29, 0.717) is 18.0 Å². The van der Waals surface area contributed by atoms with Crippen molar-refractivity contribution < 1.29 is 27.5 Å². The molecule has 0 unspecified atom stereocenters. The van der Waals surface area contributed by atoms with Crippen molar-refractivity contribution in [1.82, 2.24) is 9.78 Å². The van der Waals surface area contributed by atoms with Gasteiger partial charge in [-0.3, -0.25) is 14.3 Å². The zero-order valence-corrected chi connectivity index (χ0v) is 17.2. The maximum atomic E-state index is 13.1. The average Bonchev–Trinajstić information content (AvgIpc) is 3.21. The fraction of sp³-hybridized carbons (Fsp3) is 0.182. The van der Waals surface area contributed by atoms with Gasteiger partial charge in [-0.1, -0.05) is 0 Å². The number of amides is 2. The molecule has 0 saturated heterocycles. The second-order valence-electron chi connectivity index (χ2n) is 7.11. The van der Waals surface area contributed by atoms with E-state index in [4.69, 9.17) is 4.74 Å². The number of nitrogens with one attached hydrogen (secondary N) is 1. The van der Waals surface area contributed by atoms with E-state index < -0.39 is 23.6 Å². The van der Waals surface area contributed by atoms with Crippen LogP contribution in [0.4, 0.5) is 24.5 Å². The molecule has 0 spiro atoms. The van der Waals surface area contributed by atoms with Crippen molar-refractivity contribution >= 4 is 23.2 Å². The number of nitriles is 1. The molecule has 1 N–H and O–H groups in total. The zero-order valence-electron chi connectivity index (χ0n) is 17.2. The number of rotatable bonds is 4. The molecule has 1 aliphatic rings. The number of carbonyl (C=O) groups is 2. The van der Waals surface area contributed by atoms with Gasteiger partial charge in [0.05, 0.1) is 36.7 Å². The molecule has 2 aromatic carbocycles. The number of carbonyl (C=O) groups excluding carboxylic acids is 2. The summed E-state index contributed by atoms with van der Waals surface area (Å²) in [5.74, 6) is -0.759. The van der Waals surface area contributed by atoms with Gasteiger partial charge in [0.2, 0.25) is 0 Å². The molecule has 0 saturated carbocycles. The van der Waals surface area contributed by atoms with Crippen molar-refractivity contribution in [2.75, 3.05) is 23.9 Å². The molecule has 2 heterocycles. The van der Waals surface area contributed by atoms with Gasteiger partial charge in [0.1, 0.15) is 17.5 Å². The van der Waals surface area contributed by atoms with E-state index in [1.165, 1.54) is 53.2 Å². The maximum absolute atomic E-state index is 13.1. The van der Waals surface area contributed by atoms with Gasteiger partial charge in [0.25, 0.3) is 11.8 Å². The molecular formula is C22H16F3N5O3. The lowest BCUT2D eigenvalue weighted by molar-refractivity contribution is -0.137. The Morgan fingerprint density at radius 2 is 1.91 bits per heavy atom. The van der Waals surface area contributed by atoms with Crippen molar-refractivity contribution in [1.29, 1.82) is 5.26 Å². The highest BCUT2D eigenvalue weighted by molar-refractivity contribution is 6.13. The van der Waals surface area contributed by atoms with Crippen LogP contribution in [-0.2, 0) is 12.7 Å². The van der Waals surface area contributed by atoms with Crippen molar-refractivity contribution in [3.63, 3.8) is 0 Å². The Hall–Kier alpha value is -4.33. The molecule has 4 rings (SSSR count). The summed E-state index contributed by atoms with van der Waals surface area (Å²) in [5.41, 5.74) is 0.0813. The lowest BCUT2D eigenvalue weighted by Crippen LogP contribution is -2.41. The summed E-state index contributed by atoms with van der Waals surface area (Å²) in [5, 5.41) is 16.0. The molecule has 33 heavy (non-hydrogen) atoms. The first-order valence-electron chi connectivity index (χ1n) is 9.67. The Labute approximate surface area is 185 Å². The molecule has 168 valence electrons. The van der Waals surface area contributed by atoms with Crippen LogP contribution in [0.1, 0.15) is 32.0 Å². The monoisotopic (exact) mass is 455 g/mol. The largest absolute Gasteiger partial charge is 0.495 e. The number of alkyl halides is 3. The van der Waals surface area contributed by atoms with Gasteiger partial charge in [-0.25, -0.2) is 0 Å². The first-order valence-corrected chi connectivity index (χ1v) is 9.67. The smallest absolute Gasteiger partial charge is 0.416 e. The minimum absolute atomic E-state index is 0.100. The number of methoxy groups -OCH3 is 1. The Kier molecular flexibility index (Phi) is 5.51. The third-order valence-electron chi connectivity index (χ3n) is 5.16.